The van der Waals surface area contributed by atoms with Crippen LogP contribution in [0.3, 0.4) is 0 Å². The second kappa shape index (κ2) is 6.77. The Hall–Kier alpha value is -1.78. The Bertz CT molecular complexity index is 650. The molecule has 0 aromatic heterocycles. The number of carbonyl (C=O) groups excluding carboxylic acids is 2. The average molecular weight is 316 g/mol. The Morgan fingerprint density at radius 2 is 1.61 bits per heavy atom. The maximum absolute atomic E-state index is 12.9. The van der Waals surface area contributed by atoms with Crippen LogP contribution in [0.1, 0.15) is 55.3 Å². The van der Waals surface area contributed by atoms with Crippen LogP contribution in [0.5, 0.6) is 0 Å². The van der Waals surface area contributed by atoms with Crippen molar-refractivity contribution in [3.8, 4) is 0 Å². The van der Waals surface area contributed by atoms with Crippen LogP contribution in [0.25, 0.3) is 0 Å². The van der Waals surface area contributed by atoms with Crippen molar-refractivity contribution in [3.63, 3.8) is 0 Å². The third kappa shape index (κ3) is 3.77. The quantitative estimate of drug-likeness (QED) is 0.833. The van der Waals surface area contributed by atoms with Crippen molar-refractivity contribution in [2.24, 2.45) is 0 Å². The lowest BCUT2D eigenvalue weighted by molar-refractivity contribution is -0.0582. The van der Waals surface area contributed by atoms with Gasteiger partial charge in [-0.05, 0) is 34.6 Å². The molecule has 0 amide bonds. The van der Waals surface area contributed by atoms with Crippen molar-refractivity contribution in [2.45, 2.75) is 46.3 Å². The Labute approximate surface area is 137 Å². The third-order valence-electron chi connectivity index (χ3n) is 3.76. The molecule has 4 nitrogen and oxygen atoms in total. The van der Waals surface area contributed by atoms with Gasteiger partial charge >= 0.3 is 0 Å². The van der Waals surface area contributed by atoms with Crippen LogP contribution in [-0.4, -0.2) is 36.5 Å². The molecule has 23 heavy (non-hydrogen) atoms. The summed E-state index contributed by atoms with van der Waals surface area (Å²) < 4.78 is 11.5. The molecule has 0 heterocycles. The van der Waals surface area contributed by atoms with Gasteiger partial charge in [-0.25, -0.2) is 0 Å². The number of Topliss-reactive ketones (excluding diaryl/α,β-unsaturated/α-hetero) is 2. The molecule has 0 aliphatic heterocycles. The highest BCUT2D eigenvalue weighted by Crippen LogP contribution is 2.29. The second-order valence-electron chi connectivity index (χ2n) is 6.61. The Kier molecular flexibility index (Phi) is 5.17. The van der Waals surface area contributed by atoms with Crippen LogP contribution in [-0.2, 0) is 9.47 Å². The second-order valence-corrected chi connectivity index (χ2v) is 6.61. The van der Waals surface area contributed by atoms with Crippen molar-refractivity contribution >= 4 is 11.6 Å². The van der Waals surface area contributed by atoms with Gasteiger partial charge in [0.2, 0.25) is 0 Å². The molecule has 1 unspecified atom stereocenters. The molecular formula is C19H24O4. The molecule has 0 N–H and O–H groups in total. The first-order valence-electron chi connectivity index (χ1n) is 7.91. The number of benzene rings is 1. The molecule has 1 aromatic carbocycles. The molecule has 0 bridgehead atoms. The van der Waals surface area contributed by atoms with Crippen molar-refractivity contribution in [1.29, 1.82) is 0 Å². The monoisotopic (exact) mass is 316 g/mol. The fraction of sp³-hybridized carbons (Fsp3) is 0.474. The van der Waals surface area contributed by atoms with E-state index in [0.29, 0.717) is 28.9 Å². The van der Waals surface area contributed by atoms with Gasteiger partial charge in [0.1, 0.15) is 6.10 Å². The number of rotatable bonds is 5. The van der Waals surface area contributed by atoms with Gasteiger partial charge in [-0.3, -0.25) is 9.59 Å². The molecule has 1 aromatic rings. The van der Waals surface area contributed by atoms with Crippen LogP contribution >= 0.6 is 0 Å². The lowest BCUT2D eigenvalue weighted by atomic mass is 9.82. The number of hydrogen-bond acceptors (Lipinski definition) is 4. The predicted octanol–water partition coefficient (Wildman–Crippen LogP) is 3.60. The Balaban J connectivity index is 2.40. The molecule has 1 aliphatic carbocycles. The summed E-state index contributed by atoms with van der Waals surface area (Å²) in [6.07, 6.45) is -0.538. The van der Waals surface area contributed by atoms with Crippen molar-refractivity contribution in [3.05, 3.63) is 46.5 Å². The first kappa shape index (κ1) is 17.6. The summed E-state index contributed by atoms with van der Waals surface area (Å²) in [4.78, 5) is 25.4. The Morgan fingerprint density at radius 1 is 1.04 bits per heavy atom. The van der Waals surface area contributed by atoms with Gasteiger partial charge in [0.15, 0.2) is 11.6 Å². The number of allylic oxidation sites excluding steroid dienone is 1. The van der Waals surface area contributed by atoms with Gasteiger partial charge < -0.3 is 9.47 Å². The summed E-state index contributed by atoms with van der Waals surface area (Å²) >= 11 is 0. The van der Waals surface area contributed by atoms with Gasteiger partial charge in [0, 0.05) is 28.9 Å². The van der Waals surface area contributed by atoms with E-state index in [4.69, 9.17) is 9.47 Å². The fourth-order valence-electron chi connectivity index (χ4n) is 2.65. The molecule has 2 rings (SSSR count). The standard InChI is InChI=1S/C19H24O4/c1-6-22-15(11-23-19(3,4)5)16-12(2)17(20)13-9-7-8-10-14(13)18(16)21/h7-10,15H,6,11H2,1-5H3. The summed E-state index contributed by atoms with van der Waals surface area (Å²) in [5, 5.41) is 0. The maximum atomic E-state index is 12.9. The maximum Gasteiger partial charge on any atom is 0.192 e. The fourth-order valence-corrected chi connectivity index (χ4v) is 2.65. The molecular weight excluding hydrogens is 292 g/mol. The van der Waals surface area contributed by atoms with Crippen LogP contribution in [0.4, 0.5) is 0 Å². The van der Waals surface area contributed by atoms with Crippen LogP contribution < -0.4 is 0 Å². The third-order valence-corrected chi connectivity index (χ3v) is 3.76. The molecule has 0 saturated heterocycles. The number of ketones is 2. The van der Waals surface area contributed by atoms with Crippen LogP contribution in [0.15, 0.2) is 35.4 Å². The molecule has 124 valence electrons. The molecule has 1 aliphatic rings. The first-order valence-corrected chi connectivity index (χ1v) is 7.91. The van der Waals surface area contributed by atoms with Gasteiger partial charge in [-0.1, -0.05) is 24.3 Å². The van der Waals surface area contributed by atoms with Gasteiger partial charge in [0.25, 0.3) is 0 Å². The van der Waals surface area contributed by atoms with Crippen molar-refractivity contribution < 1.29 is 19.1 Å². The van der Waals surface area contributed by atoms with E-state index in [0.717, 1.165) is 0 Å². The van der Waals surface area contributed by atoms with Gasteiger partial charge in [0.05, 0.1) is 12.2 Å². The van der Waals surface area contributed by atoms with E-state index in [1.54, 1.807) is 31.2 Å². The normalized spacial score (nSPS) is 16.6. The minimum Gasteiger partial charge on any atom is -0.373 e. The zero-order valence-corrected chi connectivity index (χ0v) is 14.4. The minimum absolute atomic E-state index is 0.115. The zero-order valence-electron chi connectivity index (χ0n) is 14.4. The van der Waals surface area contributed by atoms with E-state index in [9.17, 15) is 9.59 Å². The van der Waals surface area contributed by atoms with Crippen molar-refractivity contribution in [2.75, 3.05) is 13.2 Å². The molecule has 0 saturated carbocycles. The highest BCUT2D eigenvalue weighted by molar-refractivity contribution is 6.27. The topological polar surface area (TPSA) is 52.6 Å². The number of ether oxygens (including phenoxy) is 2. The van der Waals surface area contributed by atoms with E-state index in [1.165, 1.54) is 0 Å². The van der Waals surface area contributed by atoms with E-state index in [-0.39, 0.29) is 23.8 Å². The van der Waals surface area contributed by atoms with E-state index >= 15 is 0 Å². The molecule has 0 spiro atoms. The Morgan fingerprint density at radius 3 is 2.13 bits per heavy atom. The molecule has 4 heteroatoms. The highest BCUT2D eigenvalue weighted by atomic mass is 16.5. The molecule has 0 radical (unpaired) electrons. The van der Waals surface area contributed by atoms with Crippen molar-refractivity contribution in [1.82, 2.24) is 0 Å². The lowest BCUT2D eigenvalue weighted by Crippen LogP contribution is -2.35. The summed E-state index contributed by atoms with van der Waals surface area (Å²) in [6, 6.07) is 6.92. The number of fused-ring (bicyclic) bond motifs is 1. The molecule has 0 fully saturated rings. The van der Waals surface area contributed by atoms with E-state index in [2.05, 4.69) is 0 Å². The SMILES string of the molecule is CCOC(COC(C)(C)C)C1=C(C)C(=O)c2ccccc2C1=O. The number of hydrogen-bond donors (Lipinski definition) is 0. The first-order chi connectivity index (χ1) is 10.8. The van der Waals surface area contributed by atoms with Crippen LogP contribution in [0.2, 0.25) is 0 Å². The van der Waals surface area contributed by atoms with E-state index in [1.807, 2.05) is 27.7 Å². The average Bonchev–Trinajstić information content (AvgIpc) is 2.50. The summed E-state index contributed by atoms with van der Waals surface area (Å²) in [5.74, 6) is -0.260. The predicted molar refractivity (Wildman–Crippen MR) is 88.9 cm³/mol. The lowest BCUT2D eigenvalue weighted by Gasteiger charge is -2.28. The largest absolute Gasteiger partial charge is 0.373 e. The zero-order chi connectivity index (χ0) is 17.2. The van der Waals surface area contributed by atoms with Crippen LogP contribution in [0, 0.1) is 0 Å². The van der Waals surface area contributed by atoms with Gasteiger partial charge in [-0.15, -0.1) is 0 Å². The summed E-state index contributed by atoms with van der Waals surface area (Å²) in [5.41, 5.74) is 1.43. The summed E-state index contributed by atoms with van der Waals surface area (Å²) in [6.45, 7) is 10.1. The van der Waals surface area contributed by atoms with Gasteiger partial charge in [-0.2, -0.15) is 0 Å². The minimum atomic E-state index is -0.538. The van der Waals surface area contributed by atoms with E-state index < -0.39 is 6.10 Å². The number of carbonyl (C=O) groups is 2. The summed E-state index contributed by atoms with van der Waals surface area (Å²) in [7, 11) is 0. The highest BCUT2D eigenvalue weighted by Gasteiger charge is 2.34. The smallest absolute Gasteiger partial charge is 0.192 e. The molecule has 1 atom stereocenters.